The van der Waals surface area contributed by atoms with Crippen LogP contribution in [0.25, 0.3) is 22.2 Å². The average molecular weight is 518 g/mol. The average Bonchev–Trinajstić information content (AvgIpc) is 3.27. The number of halogens is 1. The third-order valence-electron chi connectivity index (χ3n) is 7.77. The minimum Gasteiger partial charge on any atom is -0.495 e. The van der Waals surface area contributed by atoms with Crippen LogP contribution in [0.15, 0.2) is 30.6 Å². The van der Waals surface area contributed by atoms with E-state index in [4.69, 9.17) is 16.3 Å². The standard InChI is InChI=1S/C25H32ClN5O3S/c1-34-19-13-20-21(15-28-24(20)27-14-19)16-11-22(26)30-23(12-16)29-18-7-5-17(6-8-18)25(31-35(32)33)9-3-2-4-10-25/h11-15,17-18,35H,2-10H2,1H3,(H,27,28)(H,29,30)(H,31,32,33). The molecule has 0 radical (unpaired) electrons. The predicted molar refractivity (Wildman–Crippen MR) is 140 cm³/mol. The van der Waals surface area contributed by atoms with E-state index in [1.165, 1.54) is 6.42 Å². The highest BCUT2D eigenvalue weighted by atomic mass is 35.5. The van der Waals surface area contributed by atoms with E-state index in [1.807, 2.05) is 24.4 Å². The summed E-state index contributed by atoms with van der Waals surface area (Å²) < 4.78 is 31.5. The van der Waals surface area contributed by atoms with Crippen molar-refractivity contribution in [2.45, 2.75) is 69.4 Å². The van der Waals surface area contributed by atoms with E-state index in [2.05, 4.69) is 25.0 Å². The summed E-state index contributed by atoms with van der Waals surface area (Å²) in [6.45, 7) is 0. The van der Waals surface area contributed by atoms with Gasteiger partial charge in [-0.25, -0.2) is 23.1 Å². The third-order valence-corrected chi connectivity index (χ3v) is 8.59. The number of H-pyrrole nitrogens is 1. The minimum absolute atomic E-state index is 0.260. The van der Waals surface area contributed by atoms with Crippen LogP contribution in [0.3, 0.4) is 0 Å². The van der Waals surface area contributed by atoms with Crippen LogP contribution in [0.4, 0.5) is 5.82 Å². The summed E-state index contributed by atoms with van der Waals surface area (Å²) in [5.41, 5.74) is 2.46. The second-order valence-corrected chi connectivity index (χ2v) is 10.9. The Bertz CT molecular complexity index is 1260. The Morgan fingerprint density at radius 3 is 2.60 bits per heavy atom. The van der Waals surface area contributed by atoms with Crippen molar-refractivity contribution < 1.29 is 13.2 Å². The van der Waals surface area contributed by atoms with E-state index >= 15 is 0 Å². The van der Waals surface area contributed by atoms with Gasteiger partial charge in [-0.05, 0) is 68.2 Å². The molecule has 0 saturated heterocycles. The molecular formula is C25H32ClN5O3S. The number of hydrogen-bond acceptors (Lipinski definition) is 6. The molecule has 0 spiro atoms. The van der Waals surface area contributed by atoms with Crippen LogP contribution in [0.1, 0.15) is 57.8 Å². The minimum atomic E-state index is -2.59. The van der Waals surface area contributed by atoms with Gasteiger partial charge in [0.2, 0.25) is 10.9 Å². The smallest absolute Gasteiger partial charge is 0.201 e. The van der Waals surface area contributed by atoms with E-state index in [9.17, 15) is 8.42 Å². The Morgan fingerprint density at radius 2 is 1.89 bits per heavy atom. The maximum Gasteiger partial charge on any atom is 0.201 e. The first kappa shape index (κ1) is 24.3. The lowest BCUT2D eigenvalue weighted by Gasteiger charge is -2.45. The number of rotatable bonds is 7. The molecule has 3 N–H and O–H groups in total. The fourth-order valence-electron chi connectivity index (χ4n) is 6.04. The Labute approximate surface area is 212 Å². The molecule has 3 heterocycles. The SMILES string of the molecule is COc1cnc2[nH]cc(-c3cc(Cl)nc(NC4CCC(C5(N[SH](=O)=O)CCCCC5)CC4)c3)c2c1. The zero-order valence-corrected chi connectivity index (χ0v) is 21.5. The first-order valence-electron chi connectivity index (χ1n) is 12.3. The Kier molecular flexibility index (Phi) is 7.18. The summed E-state index contributed by atoms with van der Waals surface area (Å²) in [4.78, 5) is 12.2. The van der Waals surface area contributed by atoms with E-state index in [1.54, 1.807) is 13.3 Å². The molecule has 35 heavy (non-hydrogen) atoms. The van der Waals surface area contributed by atoms with Crippen LogP contribution < -0.4 is 14.8 Å². The van der Waals surface area contributed by atoms with Crippen LogP contribution in [0.2, 0.25) is 5.15 Å². The number of methoxy groups -OCH3 is 1. The van der Waals surface area contributed by atoms with Gasteiger partial charge in [0.25, 0.3) is 0 Å². The molecule has 2 aliphatic rings. The summed E-state index contributed by atoms with van der Waals surface area (Å²) in [7, 11) is -0.967. The van der Waals surface area contributed by atoms with E-state index < -0.39 is 10.9 Å². The highest BCUT2D eigenvalue weighted by molar-refractivity contribution is 7.70. The number of pyridine rings is 2. The van der Waals surface area contributed by atoms with E-state index in [0.717, 1.165) is 79.3 Å². The second-order valence-electron chi connectivity index (χ2n) is 9.82. The molecule has 0 unspecified atom stereocenters. The van der Waals surface area contributed by atoms with Gasteiger partial charge in [0.05, 0.1) is 13.3 Å². The fraction of sp³-hybridized carbons (Fsp3) is 0.520. The molecule has 8 nitrogen and oxygen atoms in total. The first-order chi connectivity index (χ1) is 17.0. The molecule has 2 aliphatic carbocycles. The van der Waals surface area contributed by atoms with Crippen LogP contribution in [-0.2, 0) is 10.9 Å². The van der Waals surface area contributed by atoms with Crippen molar-refractivity contribution in [2.24, 2.45) is 5.92 Å². The molecular weight excluding hydrogens is 486 g/mol. The molecule has 0 atom stereocenters. The van der Waals surface area contributed by atoms with E-state index in [-0.39, 0.29) is 11.6 Å². The Morgan fingerprint density at radius 1 is 1.11 bits per heavy atom. The van der Waals surface area contributed by atoms with Gasteiger partial charge in [0, 0.05) is 28.7 Å². The van der Waals surface area contributed by atoms with Gasteiger partial charge >= 0.3 is 0 Å². The largest absolute Gasteiger partial charge is 0.495 e. The molecule has 188 valence electrons. The Balaban J connectivity index is 1.31. The summed E-state index contributed by atoms with van der Waals surface area (Å²) in [5.74, 6) is 1.82. The maximum absolute atomic E-state index is 11.6. The van der Waals surface area contributed by atoms with Crippen molar-refractivity contribution in [1.82, 2.24) is 19.7 Å². The third kappa shape index (κ3) is 5.27. The van der Waals surface area contributed by atoms with Crippen molar-refractivity contribution >= 4 is 39.3 Å². The summed E-state index contributed by atoms with van der Waals surface area (Å²) in [5, 5.41) is 4.97. The van der Waals surface area contributed by atoms with Gasteiger partial charge in [0.15, 0.2) is 0 Å². The molecule has 2 saturated carbocycles. The molecule has 3 aromatic heterocycles. The topological polar surface area (TPSA) is 109 Å². The van der Waals surface area contributed by atoms with Crippen molar-refractivity contribution in [3.05, 3.63) is 35.7 Å². The predicted octanol–water partition coefficient (Wildman–Crippen LogP) is 5.08. The summed E-state index contributed by atoms with van der Waals surface area (Å²) in [6, 6.07) is 6.11. The quantitative estimate of drug-likeness (QED) is 0.257. The van der Waals surface area contributed by atoms with Gasteiger partial charge in [-0.1, -0.05) is 30.9 Å². The number of anilines is 1. The van der Waals surface area contributed by atoms with Gasteiger partial charge in [-0.3, -0.25) is 0 Å². The monoisotopic (exact) mass is 517 g/mol. The molecule has 2 fully saturated rings. The van der Waals surface area contributed by atoms with Crippen molar-refractivity contribution in [3.8, 4) is 16.9 Å². The first-order valence-corrected chi connectivity index (χ1v) is 13.9. The molecule has 0 aromatic carbocycles. The van der Waals surface area contributed by atoms with Gasteiger partial charge in [-0.2, -0.15) is 0 Å². The lowest BCUT2D eigenvalue weighted by atomic mass is 9.67. The second kappa shape index (κ2) is 10.3. The van der Waals surface area contributed by atoms with Crippen molar-refractivity contribution in [1.29, 1.82) is 0 Å². The van der Waals surface area contributed by atoms with Crippen molar-refractivity contribution in [3.63, 3.8) is 0 Å². The molecule has 10 heteroatoms. The molecule has 5 rings (SSSR count). The number of aromatic amines is 1. The number of nitrogens with zero attached hydrogens (tertiary/aromatic N) is 2. The normalized spacial score (nSPS) is 22.4. The number of ether oxygens (including phenoxy) is 1. The molecule has 0 amide bonds. The zero-order chi connectivity index (χ0) is 24.4. The van der Waals surface area contributed by atoms with Crippen molar-refractivity contribution in [2.75, 3.05) is 12.4 Å². The highest BCUT2D eigenvalue weighted by Crippen LogP contribution is 2.42. The van der Waals surface area contributed by atoms with Crippen LogP contribution >= 0.6 is 11.6 Å². The van der Waals surface area contributed by atoms with Gasteiger partial charge in [-0.15, -0.1) is 0 Å². The molecule has 3 aromatic rings. The number of nitrogens with one attached hydrogen (secondary N) is 3. The van der Waals surface area contributed by atoms with Crippen LogP contribution in [-0.4, -0.2) is 42.1 Å². The fourth-order valence-corrected chi connectivity index (χ4v) is 7.01. The lowest BCUT2D eigenvalue weighted by Crippen LogP contribution is -2.53. The Hall–Kier alpha value is -2.36. The van der Waals surface area contributed by atoms with Gasteiger partial charge < -0.3 is 15.0 Å². The van der Waals surface area contributed by atoms with E-state index in [0.29, 0.717) is 16.8 Å². The van der Waals surface area contributed by atoms with Crippen LogP contribution in [0.5, 0.6) is 5.75 Å². The maximum atomic E-state index is 11.6. The summed E-state index contributed by atoms with van der Waals surface area (Å²) in [6.07, 6.45) is 12.8. The van der Waals surface area contributed by atoms with Gasteiger partial charge in [0.1, 0.15) is 22.4 Å². The molecule has 0 aliphatic heterocycles. The number of hydrogen-bond donors (Lipinski definition) is 4. The number of thiol groups is 1. The highest BCUT2D eigenvalue weighted by Gasteiger charge is 2.41. The number of aromatic nitrogens is 3. The number of fused-ring (bicyclic) bond motifs is 1. The van der Waals surface area contributed by atoms with Crippen LogP contribution in [0, 0.1) is 5.92 Å². The zero-order valence-electron chi connectivity index (χ0n) is 19.8. The lowest BCUT2D eigenvalue weighted by molar-refractivity contribution is 0.134. The summed E-state index contributed by atoms with van der Waals surface area (Å²) >= 11 is 6.42. The molecule has 0 bridgehead atoms.